The van der Waals surface area contributed by atoms with Gasteiger partial charge in [-0.15, -0.1) is 0 Å². The number of hydrogen-bond acceptors (Lipinski definition) is 2. The summed E-state index contributed by atoms with van der Waals surface area (Å²) in [5, 5.41) is 10.4. The van der Waals surface area contributed by atoms with Crippen LogP contribution < -0.4 is 0 Å². The van der Waals surface area contributed by atoms with Crippen LogP contribution in [0.5, 0.6) is 0 Å². The number of aliphatic hydroxyl groups excluding tert-OH is 1. The van der Waals surface area contributed by atoms with Crippen LogP contribution in [-0.4, -0.2) is 5.11 Å². The summed E-state index contributed by atoms with van der Waals surface area (Å²) in [5.41, 5.74) is 0.749. The lowest BCUT2D eigenvalue weighted by Crippen LogP contribution is -2.15. The molecule has 1 aromatic rings. The Labute approximate surface area is 88.9 Å². The number of aliphatic hydroxyl groups is 1. The van der Waals surface area contributed by atoms with Crippen LogP contribution >= 0.6 is 11.6 Å². The molecule has 14 heavy (non-hydrogen) atoms. The Morgan fingerprint density at radius 1 is 1.36 bits per heavy atom. The van der Waals surface area contributed by atoms with Crippen molar-refractivity contribution in [3.05, 3.63) is 23.1 Å². The third-order valence-corrected chi connectivity index (χ3v) is 3.37. The van der Waals surface area contributed by atoms with Gasteiger partial charge in [0.2, 0.25) is 0 Å². The predicted molar refractivity (Wildman–Crippen MR) is 55.3 cm³/mol. The first-order chi connectivity index (χ1) is 6.79. The minimum atomic E-state index is -0.443. The van der Waals surface area contributed by atoms with Crippen LogP contribution in [0.1, 0.15) is 43.8 Å². The van der Waals surface area contributed by atoms with Gasteiger partial charge in [0.1, 0.15) is 0 Å². The Kier molecular flexibility index (Phi) is 3.14. The van der Waals surface area contributed by atoms with Gasteiger partial charge in [-0.25, -0.2) is 0 Å². The predicted octanol–water partition coefficient (Wildman–Crippen LogP) is 3.55. The number of halogens is 1. The maximum absolute atomic E-state index is 10.1. The quantitative estimate of drug-likeness (QED) is 0.817. The Morgan fingerprint density at radius 2 is 2.07 bits per heavy atom. The fourth-order valence-corrected chi connectivity index (χ4v) is 2.45. The molecule has 1 atom stereocenters. The minimum Gasteiger partial charge on any atom is -0.453 e. The molecule has 78 valence electrons. The Morgan fingerprint density at radius 3 is 2.64 bits per heavy atom. The smallest absolute Gasteiger partial charge is 0.198 e. The van der Waals surface area contributed by atoms with E-state index in [4.69, 9.17) is 16.0 Å². The molecule has 0 saturated heterocycles. The fraction of sp³-hybridized carbons (Fsp3) is 0.636. The molecular weight excluding hydrogens is 200 g/mol. The fourth-order valence-electron chi connectivity index (χ4n) is 2.22. The molecule has 1 N–H and O–H groups in total. The molecule has 3 heteroatoms. The van der Waals surface area contributed by atoms with E-state index in [-0.39, 0.29) is 0 Å². The van der Waals surface area contributed by atoms with Crippen molar-refractivity contribution in [1.29, 1.82) is 0 Å². The van der Waals surface area contributed by atoms with E-state index < -0.39 is 6.10 Å². The summed E-state index contributed by atoms with van der Waals surface area (Å²) in [5.74, 6) is 0.360. The molecule has 2 rings (SSSR count). The summed E-state index contributed by atoms with van der Waals surface area (Å²) >= 11 is 5.83. The number of furan rings is 1. The summed E-state index contributed by atoms with van der Waals surface area (Å²) in [6.45, 7) is 0. The van der Waals surface area contributed by atoms with Gasteiger partial charge in [-0.3, -0.25) is 0 Å². The molecule has 1 fully saturated rings. The van der Waals surface area contributed by atoms with Crippen LogP contribution in [0.4, 0.5) is 0 Å². The van der Waals surface area contributed by atoms with Gasteiger partial charge in [0.15, 0.2) is 5.22 Å². The van der Waals surface area contributed by atoms with E-state index in [2.05, 4.69) is 0 Å². The number of rotatable bonds is 2. The van der Waals surface area contributed by atoms with E-state index in [0.717, 1.165) is 18.4 Å². The lowest BCUT2D eigenvalue weighted by molar-refractivity contribution is 0.0844. The second kappa shape index (κ2) is 4.37. The average Bonchev–Trinajstić information content (AvgIpc) is 2.65. The van der Waals surface area contributed by atoms with E-state index in [0.29, 0.717) is 11.1 Å². The second-order valence-corrected chi connectivity index (χ2v) is 4.34. The van der Waals surface area contributed by atoms with Crippen molar-refractivity contribution in [1.82, 2.24) is 0 Å². The van der Waals surface area contributed by atoms with Crippen LogP contribution in [-0.2, 0) is 0 Å². The zero-order valence-corrected chi connectivity index (χ0v) is 8.83. The first kappa shape index (κ1) is 10.1. The van der Waals surface area contributed by atoms with Crippen molar-refractivity contribution < 1.29 is 9.52 Å². The molecule has 0 radical (unpaired) electrons. The summed E-state index contributed by atoms with van der Waals surface area (Å²) in [7, 11) is 0. The van der Waals surface area contributed by atoms with Crippen molar-refractivity contribution in [2.24, 2.45) is 5.92 Å². The molecule has 1 aliphatic carbocycles. The number of hydrogen-bond donors (Lipinski definition) is 1. The standard InChI is InChI=1S/C11H15ClO2/c12-11-9(6-7-14-11)10(13)8-4-2-1-3-5-8/h6-8,10,13H,1-5H2. The zero-order valence-electron chi connectivity index (χ0n) is 8.08. The largest absolute Gasteiger partial charge is 0.453 e. The SMILES string of the molecule is OC(c1ccoc1Cl)C1CCCCC1. The molecule has 0 spiro atoms. The lowest BCUT2D eigenvalue weighted by Gasteiger charge is -2.25. The minimum absolute atomic E-state index is 0.336. The van der Waals surface area contributed by atoms with Crippen LogP contribution in [0.3, 0.4) is 0 Å². The summed E-state index contributed by atoms with van der Waals surface area (Å²) in [6, 6.07) is 1.77. The van der Waals surface area contributed by atoms with Gasteiger partial charge in [-0.05, 0) is 36.4 Å². The van der Waals surface area contributed by atoms with Gasteiger partial charge < -0.3 is 9.52 Å². The van der Waals surface area contributed by atoms with Crippen molar-refractivity contribution in [3.63, 3.8) is 0 Å². The monoisotopic (exact) mass is 214 g/mol. The highest BCUT2D eigenvalue weighted by atomic mass is 35.5. The van der Waals surface area contributed by atoms with Crippen molar-refractivity contribution in [2.45, 2.75) is 38.2 Å². The first-order valence-corrected chi connectivity index (χ1v) is 5.58. The Balaban J connectivity index is 2.07. The van der Waals surface area contributed by atoms with E-state index in [1.807, 2.05) is 0 Å². The van der Waals surface area contributed by atoms with E-state index in [1.165, 1.54) is 25.5 Å². The molecule has 1 aliphatic rings. The van der Waals surface area contributed by atoms with E-state index in [1.54, 1.807) is 6.07 Å². The van der Waals surface area contributed by atoms with Gasteiger partial charge in [0, 0.05) is 5.56 Å². The molecule has 1 saturated carbocycles. The van der Waals surface area contributed by atoms with Crippen molar-refractivity contribution in [2.75, 3.05) is 0 Å². The average molecular weight is 215 g/mol. The molecule has 0 aromatic carbocycles. The molecule has 0 bridgehead atoms. The van der Waals surface area contributed by atoms with Gasteiger partial charge in [-0.1, -0.05) is 19.3 Å². The van der Waals surface area contributed by atoms with E-state index in [9.17, 15) is 5.11 Å². The third-order valence-electron chi connectivity index (χ3n) is 3.06. The third kappa shape index (κ3) is 1.96. The molecule has 2 nitrogen and oxygen atoms in total. The molecule has 1 unspecified atom stereocenters. The molecule has 1 aromatic heterocycles. The maximum Gasteiger partial charge on any atom is 0.198 e. The molecular formula is C11H15ClO2. The topological polar surface area (TPSA) is 33.4 Å². The highest BCUT2D eigenvalue weighted by Gasteiger charge is 2.25. The van der Waals surface area contributed by atoms with Gasteiger partial charge in [0.25, 0.3) is 0 Å². The van der Waals surface area contributed by atoms with Crippen LogP contribution in [0, 0.1) is 5.92 Å². The van der Waals surface area contributed by atoms with Gasteiger partial charge in [-0.2, -0.15) is 0 Å². The Hall–Kier alpha value is -0.470. The molecule has 1 heterocycles. The van der Waals surface area contributed by atoms with Gasteiger partial charge in [0.05, 0.1) is 12.4 Å². The summed E-state index contributed by atoms with van der Waals surface area (Å²) < 4.78 is 4.98. The molecule has 0 amide bonds. The Bertz CT molecular complexity index is 289. The lowest BCUT2D eigenvalue weighted by atomic mass is 9.83. The summed E-state index contributed by atoms with van der Waals surface area (Å²) in [4.78, 5) is 0. The maximum atomic E-state index is 10.1. The normalized spacial score (nSPS) is 21.0. The zero-order chi connectivity index (χ0) is 9.97. The highest BCUT2D eigenvalue weighted by molar-refractivity contribution is 6.29. The van der Waals surface area contributed by atoms with Crippen molar-refractivity contribution in [3.8, 4) is 0 Å². The van der Waals surface area contributed by atoms with Crippen LogP contribution in [0.25, 0.3) is 0 Å². The van der Waals surface area contributed by atoms with Crippen LogP contribution in [0.15, 0.2) is 16.7 Å². The second-order valence-electron chi connectivity index (χ2n) is 3.99. The highest BCUT2D eigenvalue weighted by Crippen LogP contribution is 2.37. The first-order valence-electron chi connectivity index (χ1n) is 5.20. The molecule has 0 aliphatic heterocycles. The summed E-state index contributed by atoms with van der Waals surface area (Å²) in [6.07, 6.45) is 7.02. The van der Waals surface area contributed by atoms with Crippen molar-refractivity contribution >= 4 is 11.6 Å². The van der Waals surface area contributed by atoms with Crippen LogP contribution in [0.2, 0.25) is 5.22 Å². The van der Waals surface area contributed by atoms with Gasteiger partial charge >= 0.3 is 0 Å². The van der Waals surface area contributed by atoms with E-state index >= 15 is 0 Å².